The van der Waals surface area contributed by atoms with Gasteiger partial charge < -0.3 is 10.4 Å². The first-order valence-corrected chi connectivity index (χ1v) is 5.90. The largest absolute Gasteiger partial charge is 0.390 e. The molecule has 2 fully saturated rings. The fourth-order valence-corrected chi connectivity index (χ4v) is 2.64. The predicted molar refractivity (Wildman–Crippen MR) is 57.3 cm³/mol. The van der Waals surface area contributed by atoms with Gasteiger partial charge in [-0.05, 0) is 38.3 Å². The van der Waals surface area contributed by atoms with Gasteiger partial charge in [-0.2, -0.15) is 0 Å². The third-order valence-corrected chi connectivity index (χ3v) is 3.67. The Morgan fingerprint density at radius 2 is 2.07 bits per heavy atom. The standard InChI is InChI=1S/C11H22N2O/c1-9-3-2-5-13(6-4-9)10-7-12-8-11(10)14/h9-12,14H,2-8H2,1H3/t9?,10-,11-/m1/s1. The average molecular weight is 198 g/mol. The molecule has 1 unspecified atom stereocenters. The topological polar surface area (TPSA) is 35.5 Å². The van der Waals surface area contributed by atoms with Crippen LogP contribution in [0, 0.1) is 5.92 Å². The summed E-state index contributed by atoms with van der Waals surface area (Å²) < 4.78 is 0. The van der Waals surface area contributed by atoms with Gasteiger partial charge in [-0.3, -0.25) is 4.90 Å². The van der Waals surface area contributed by atoms with Crippen LogP contribution < -0.4 is 5.32 Å². The van der Waals surface area contributed by atoms with Gasteiger partial charge in [0, 0.05) is 19.1 Å². The van der Waals surface area contributed by atoms with E-state index in [4.69, 9.17) is 0 Å². The molecule has 2 rings (SSSR count). The molecule has 0 spiro atoms. The molecule has 0 amide bonds. The molecule has 0 aromatic carbocycles. The molecule has 2 heterocycles. The number of hydrogen-bond acceptors (Lipinski definition) is 3. The summed E-state index contributed by atoms with van der Waals surface area (Å²) in [6.07, 6.45) is 3.80. The highest BCUT2D eigenvalue weighted by atomic mass is 16.3. The van der Waals surface area contributed by atoms with Crippen molar-refractivity contribution in [3.8, 4) is 0 Å². The summed E-state index contributed by atoms with van der Waals surface area (Å²) in [6.45, 7) is 6.43. The van der Waals surface area contributed by atoms with E-state index in [2.05, 4.69) is 17.1 Å². The molecule has 2 aliphatic rings. The van der Waals surface area contributed by atoms with Crippen LogP contribution in [0.2, 0.25) is 0 Å². The van der Waals surface area contributed by atoms with E-state index in [-0.39, 0.29) is 6.10 Å². The molecular formula is C11H22N2O. The van der Waals surface area contributed by atoms with Gasteiger partial charge in [0.05, 0.1) is 6.10 Å². The van der Waals surface area contributed by atoms with Crippen molar-refractivity contribution in [2.45, 2.75) is 38.3 Å². The van der Waals surface area contributed by atoms with Crippen LogP contribution in [0.5, 0.6) is 0 Å². The van der Waals surface area contributed by atoms with Crippen molar-refractivity contribution in [3.05, 3.63) is 0 Å². The molecule has 2 saturated heterocycles. The zero-order chi connectivity index (χ0) is 9.97. The van der Waals surface area contributed by atoms with Gasteiger partial charge in [-0.25, -0.2) is 0 Å². The zero-order valence-corrected chi connectivity index (χ0v) is 9.08. The minimum absolute atomic E-state index is 0.150. The monoisotopic (exact) mass is 198 g/mol. The van der Waals surface area contributed by atoms with E-state index in [1.165, 1.54) is 32.4 Å². The Hall–Kier alpha value is -0.120. The lowest BCUT2D eigenvalue weighted by atomic mass is 10.0. The molecule has 0 aromatic heterocycles. The van der Waals surface area contributed by atoms with E-state index in [9.17, 15) is 5.11 Å². The van der Waals surface area contributed by atoms with Crippen LogP contribution in [0.25, 0.3) is 0 Å². The number of aliphatic hydroxyl groups excluding tert-OH is 1. The summed E-state index contributed by atoms with van der Waals surface area (Å²) in [5.41, 5.74) is 0. The lowest BCUT2D eigenvalue weighted by molar-refractivity contribution is 0.0847. The fraction of sp³-hybridized carbons (Fsp3) is 1.00. The number of nitrogens with zero attached hydrogens (tertiary/aromatic N) is 1. The lowest BCUT2D eigenvalue weighted by Crippen LogP contribution is -2.43. The Bertz CT molecular complexity index is 186. The summed E-state index contributed by atoms with van der Waals surface area (Å²) in [4.78, 5) is 2.48. The van der Waals surface area contributed by atoms with Crippen LogP contribution in [0.3, 0.4) is 0 Å². The number of nitrogens with one attached hydrogen (secondary N) is 1. The van der Waals surface area contributed by atoms with Crippen molar-refractivity contribution in [3.63, 3.8) is 0 Å². The number of aliphatic hydroxyl groups is 1. The Balaban J connectivity index is 1.90. The predicted octanol–water partition coefficient (Wildman–Crippen LogP) is 0.441. The normalized spacial score (nSPS) is 41.1. The van der Waals surface area contributed by atoms with Gasteiger partial charge in [0.15, 0.2) is 0 Å². The third-order valence-electron chi connectivity index (χ3n) is 3.67. The molecule has 0 aliphatic carbocycles. The van der Waals surface area contributed by atoms with E-state index in [0.717, 1.165) is 19.0 Å². The van der Waals surface area contributed by atoms with E-state index in [0.29, 0.717) is 6.04 Å². The third kappa shape index (κ3) is 2.27. The summed E-state index contributed by atoms with van der Waals surface area (Å²) in [5.74, 6) is 0.867. The molecule has 0 aromatic rings. The van der Waals surface area contributed by atoms with E-state index < -0.39 is 0 Å². The van der Waals surface area contributed by atoms with Gasteiger partial charge in [0.1, 0.15) is 0 Å². The molecule has 82 valence electrons. The summed E-state index contributed by atoms with van der Waals surface area (Å²) in [6, 6.07) is 0.375. The van der Waals surface area contributed by atoms with Gasteiger partial charge in [0.25, 0.3) is 0 Å². The molecule has 0 saturated carbocycles. The molecule has 3 nitrogen and oxygen atoms in total. The molecule has 0 bridgehead atoms. The Morgan fingerprint density at radius 3 is 2.79 bits per heavy atom. The summed E-state index contributed by atoms with van der Waals surface area (Å²) >= 11 is 0. The quantitative estimate of drug-likeness (QED) is 0.642. The smallest absolute Gasteiger partial charge is 0.0831 e. The second-order valence-corrected chi connectivity index (χ2v) is 4.86. The molecule has 3 atom stereocenters. The van der Waals surface area contributed by atoms with Crippen molar-refractivity contribution >= 4 is 0 Å². The molecule has 0 radical (unpaired) electrons. The highest BCUT2D eigenvalue weighted by Gasteiger charge is 2.31. The van der Waals surface area contributed by atoms with Crippen LogP contribution >= 0.6 is 0 Å². The van der Waals surface area contributed by atoms with Crippen molar-refractivity contribution in [2.24, 2.45) is 5.92 Å². The van der Waals surface area contributed by atoms with Crippen molar-refractivity contribution in [1.29, 1.82) is 0 Å². The number of β-amino-alcohol motifs (C(OH)–C–C–N with tert-alkyl or cyclic N) is 1. The first-order chi connectivity index (χ1) is 6.77. The van der Waals surface area contributed by atoms with Crippen LogP contribution in [0.1, 0.15) is 26.2 Å². The van der Waals surface area contributed by atoms with Crippen molar-refractivity contribution in [2.75, 3.05) is 26.2 Å². The lowest BCUT2D eigenvalue weighted by Gasteiger charge is -2.28. The highest BCUT2D eigenvalue weighted by Crippen LogP contribution is 2.20. The minimum atomic E-state index is -0.150. The first-order valence-electron chi connectivity index (χ1n) is 5.90. The van der Waals surface area contributed by atoms with Gasteiger partial charge in [0.2, 0.25) is 0 Å². The highest BCUT2D eigenvalue weighted by molar-refractivity contribution is 4.89. The Morgan fingerprint density at radius 1 is 1.21 bits per heavy atom. The number of rotatable bonds is 1. The first kappa shape index (κ1) is 10.4. The van der Waals surface area contributed by atoms with E-state index in [1.54, 1.807) is 0 Å². The maximum Gasteiger partial charge on any atom is 0.0831 e. The maximum absolute atomic E-state index is 9.79. The van der Waals surface area contributed by atoms with Crippen LogP contribution in [-0.4, -0.2) is 48.3 Å². The molecule has 2 N–H and O–H groups in total. The molecule has 14 heavy (non-hydrogen) atoms. The van der Waals surface area contributed by atoms with Gasteiger partial charge >= 0.3 is 0 Å². The second kappa shape index (κ2) is 4.60. The average Bonchev–Trinajstić information content (AvgIpc) is 2.46. The molecule has 2 aliphatic heterocycles. The van der Waals surface area contributed by atoms with Crippen LogP contribution in [0.15, 0.2) is 0 Å². The molecule has 3 heteroatoms. The van der Waals surface area contributed by atoms with E-state index in [1.807, 2.05) is 0 Å². The Kier molecular flexibility index (Phi) is 3.42. The van der Waals surface area contributed by atoms with Crippen molar-refractivity contribution in [1.82, 2.24) is 10.2 Å². The number of hydrogen-bond donors (Lipinski definition) is 2. The Labute approximate surface area is 86.5 Å². The summed E-state index contributed by atoms with van der Waals surface area (Å²) in [7, 11) is 0. The van der Waals surface area contributed by atoms with Crippen molar-refractivity contribution < 1.29 is 5.11 Å². The van der Waals surface area contributed by atoms with Gasteiger partial charge in [-0.1, -0.05) is 6.92 Å². The zero-order valence-electron chi connectivity index (χ0n) is 9.08. The fourth-order valence-electron chi connectivity index (χ4n) is 2.64. The second-order valence-electron chi connectivity index (χ2n) is 4.86. The number of likely N-dealkylation sites (tertiary alicyclic amines) is 1. The van der Waals surface area contributed by atoms with Gasteiger partial charge in [-0.15, -0.1) is 0 Å². The molecular weight excluding hydrogens is 176 g/mol. The summed E-state index contributed by atoms with van der Waals surface area (Å²) in [5, 5.41) is 13.1. The SMILES string of the molecule is CC1CCCN([C@@H]2CNC[C@H]2O)CC1. The van der Waals surface area contributed by atoms with Crippen LogP contribution in [0.4, 0.5) is 0 Å². The van der Waals surface area contributed by atoms with E-state index >= 15 is 0 Å². The minimum Gasteiger partial charge on any atom is -0.390 e. The van der Waals surface area contributed by atoms with Crippen LogP contribution in [-0.2, 0) is 0 Å². The maximum atomic E-state index is 9.79.